The van der Waals surface area contributed by atoms with Gasteiger partial charge in [0.25, 0.3) is 0 Å². The van der Waals surface area contributed by atoms with Crippen molar-refractivity contribution in [3.8, 4) is 17.3 Å². The van der Waals surface area contributed by atoms with Crippen LogP contribution >= 0.6 is 0 Å². The summed E-state index contributed by atoms with van der Waals surface area (Å²) >= 11 is 0. The van der Waals surface area contributed by atoms with Crippen LogP contribution in [0.4, 0.5) is 13.2 Å². The number of nitriles is 1. The fourth-order valence-electron chi connectivity index (χ4n) is 2.87. The average Bonchev–Trinajstić information content (AvgIpc) is 2.53. The van der Waals surface area contributed by atoms with Crippen molar-refractivity contribution in [2.24, 2.45) is 5.92 Å². The van der Waals surface area contributed by atoms with Crippen molar-refractivity contribution < 1.29 is 13.2 Å². The van der Waals surface area contributed by atoms with E-state index in [1.54, 1.807) is 31.2 Å². The number of alkyl halides is 3. The van der Waals surface area contributed by atoms with Crippen LogP contribution in [0.3, 0.4) is 0 Å². The highest BCUT2D eigenvalue weighted by Crippen LogP contribution is 2.36. The lowest BCUT2D eigenvalue weighted by atomic mass is 9.88. The largest absolute Gasteiger partial charge is 0.392 e. The molecule has 6 heteroatoms. The third kappa shape index (κ3) is 3.04. The Hall–Kier alpha value is -2.42. The molecule has 1 aliphatic rings. The Kier molecular flexibility index (Phi) is 3.80. The minimum Gasteiger partial charge on any atom is -0.254 e. The van der Waals surface area contributed by atoms with Crippen molar-refractivity contribution in [1.29, 1.82) is 5.26 Å². The second-order valence-corrected chi connectivity index (χ2v) is 5.72. The Labute approximate surface area is 131 Å². The van der Waals surface area contributed by atoms with Gasteiger partial charge < -0.3 is 0 Å². The Morgan fingerprint density at radius 2 is 1.83 bits per heavy atom. The first-order chi connectivity index (χ1) is 10.9. The summed E-state index contributed by atoms with van der Waals surface area (Å²) in [4.78, 5) is 8.91. The zero-order valence-corrected chi connectivity index (χ0v) is 12.5. The van der Waals surface area contributed by atoms with Crippen molar-refractivity contribution in [1.82, 2.24) is 9.97 Å². The van der Waals surface area contributed by atoms with Crippen LogP contribution in [0.25, 0.3) is 11.3 Å². The third-order valence-corrected chi connectivity index (χ3v) is 4.14. The van der Waals surface area contributed by atoms with Gasteiger partial charge >= 0.3 is 6.18 Å². The molecule has 0 radical (unpaired) electrons. The van der Waals surface area contributed by atoms with E-state index in [1.165, 1.54) is 0 Å². The van der Waals surface area contributed by atoms with E-state index in [2.05, 4.69) is 9.97 Å². The summed E-state index contributed by atoms with van der Waals surface area (Å²) in [5.41, 5.74) is 3.65. The highest BCUT2D eigenvalue weighted by Gasteiger charge is 2.42. The van der Waals surface area contributed by atoms with Gasteiger partial charge in [-0.15, -0.1) is 0 Å². The van der Waals surface area contributed by atoms with Gasteiger partial charge in [-0.2, -0.15) is 18.4 Å². The summed E-state index contributed by atoms with van der Waals surface area (Å²) in [6.45, 7) is 1.80. The predicted molar refractivity (Wildman–Crippen MR) is 78.5 cm³/mol. The Bertz CT molecular complexity index is 773. The topological polar surface area (TPSA) is 49.6 Å². The fourth-order valence-corrected chi connectivity index (χ4v) is 2.87. The molecule has 1 aromatic carbocycles. The van der Waals surface area contributed by atoms with Crippen molar-refractivity contribution in [2.75, 3.05) is 0 Å². The molecule has 1 atom stereocenters. The predicted octanol–water partition coefficient (Wildman–Crippen LogP) is 3.99. The smallest absolute Gasteiger partial charge is 0.254 e. The molecule has 0 N–H and O–H groups in total. The van der Waals surface area contributed by atoms with Gasteiger partial charge in [0.05, 0.1) is 40.3 Å². The molecule has 0 aliphatic heterocycles. The first-order valence-electron chi connectivity index (χ1n) is 7.32. The number of aromatic nitrogens is 2. The molecule has 1 aromatic heterocycles. The monoisotopic (exact) mass is 317 g/mol. The van der Waals surface area contributed by atoms with Crippen LogP contribution in [0.15, 0.2) is 24.3 Å². The van der Waals surface area contributed by atoms with Crippen LogP contribution < -0.4 is 0 Å². The highest BCUT2D eigenvalue weighted by atomic mass is 19.4. The van der Waals surface area contributed by atoms with E-state index in [1.807, 2.05) is 6.07 Å². The Balaban J connectivity index is 1.99. The lowest BCUT2D eigenvalue weighted by Gasteiger charge is -2.26. The van der Waals surface area contributed by atoms with E-state index in [4.69, 9.17) is 5.26 Å². The first-order valence-corrected chi connectivity index (χ1v) is 7.32. The molecule has 118 valence electrons. The fraction of sp³-hybridized carbons (Fsp3) is 0.353. The maximum absolute atomic E-state index is 12.9. The lowest BCUT2D eigenvalue weighted by Crippen LogP contribution is -2.30. The van der Waals surface area contributed by atoms with E-state index in [0.29, 0.717) is 34.8 Å². The third-order valence-electron chi connectivity index (χ3n) is 4.14. The van der Waals surface area contributed by atoms with E-state index in [0.717, 1.165) is 5.56 Å². The first kappa shape index (κ1) is 15.5. The second-order valence-electron chi connectivity index (χ2n) is 5.72. The van der Waals surface area contributed by atoms with E-state index < -0.39 is 12.1 Å². The number of hydrogen-bond donors (Lipinski definition) is 0. The summed E-state index contributed by atoms with van der Waals surface area (Å²) in [6.07, 6.45) is -3.93. The van der Waals surface area contributed by atoms with Gasteiger partial charge in [-0.3, -0.25) is 4.98 Å². The summed E-state index contributed by atoms with van der Waals surface area (Å²) in [6, 6.07) is 8.84. The molecule has 1 unspecified atom stereocenters. The molecule has 0 amide bonds. The lowest BCUT2D eigenvalue weighted by molar-refractivity contribution is -0.177. The van der Waals surface area contributed by atoms with Crippen LogP contribution in [0.1, 0.15) is 29.1 Å². The molecule has 3 rings (SSSR count). The SMILES string of the molecule is Cc1nc2c(nc1-c1ccc(C#N)cc1)CC(C(F)(F)F)CC2. The number of aryl methyl sites for hydroxylation is 2. The molecule has 1 aliphatic carbocycles. The van der Waals surface area contributed by atoms with Crippen LogP contribution in [-0.4, -0.2) is 16.1 Å². The summed E-state index contributed by atoms with van der Waals surface area (Å²) in [5.74, 6) is -1.35. The van der Waals surface area contributed by atoms with Crippen molar-refractivity contribution in [3.05, 3.63) is 46.9 Å². The minimum absolute atomic E-state index is 0.0703. The van der Waals surface area contributed by atoms with Crippen LogP contribution in [0.2, 0.25) is 0 Å². The standard InChI is InChI=1S/C17H14F3N3/c1-10-16(12-4-2-11(9-21)3-5-12)23-15-8-13(17(18,19)20)6-7-14(15)22-10/h2-5,13H,6-8H2,1H3. The molecule has 0 bridgehead atoms. The number of rotatable bonds is 1. The molecular formula is C17H14F3N3. The van der Waals surface area contributed by atoms with Crippen LogP contribution in [-0.2, 0) is 12.8 Å². The normalized spacial score (nSPS) is 17.4. The van der Waals surface area contributed by atoms with E-state index >= 15 is 0 Å². The molecule has 0 spiro atoms. The number of fused-ring (bicyclic) bond motifs is 1. The van der Waals surface area contributed by atoms with Crippen molar-refractivity contribution in [3.63, 3.8) is 0 Å². The molecule has 23 heavy (non-hydrogen) atoms. The average molecular weight is 317 g/mol. The second kappa shape index (κ2) is 5.65. The zero-order chi connectivity index (χ0) is 16.6. The van der Waals surface area contributed by atoms with Crippen molar-refractivity contribution in [2.45, 2.75) is 32.4 Å². The number of halogens is 3. The summed E-state index contributed by atoms with van der Waals surface area (Å²) in [7, 11) is 0. The summed E-state index contributed by atoms with van der Waals surface area (Å²) in [5, 5.41) is 8.83. The molecule has 0 fully saturated rings. The van der Waals surface area contributed by atoms with Gasteiger partial charge in [0.1, 0.15) is 0 Å². The maximum Gasteiger partial charge on any atom is 0.392 e. The van der Waals surface area contributed by atoms with Gasteiger partial charge in [-0.25, -0.2) is 4.98 Å². The minimum atomic E-state index is -4.20. The van der Waals surface area contributed by atoms with Gasteiger partial charge in [0, 0.05) is 12.0 Å². The van der Waals surface area contributed by atoms with Gasteiger partial charge in [0.2, 0.25) is 0 Å². The van der Waals surface area contributed by atoms with E-state index in [9.17, 15) is 13.2 Å². The van der Waals surface area contributed by atoms with Crippen LogP contribution in [0, 0.1) is 24.2 Å². The molecule has 0 saturated heterocycles. The summed E-state index contributed by atoms with van der Waals surface area (Å²) < 4.78 is 38.8. The Morgan fingerprint density at radius 1 is 1.13 bits per heavy atom. The van der Waals surface area contributed by atoms with Gasteiger partial charge in [-0.1, -0.05) is 12.1 Å². The number of benzene rings is 1. The van der Waals surface area contributed by atoms with Crippen molar-refractivity contribution >= 4 is 0 Å². The highest BCUT2D eigenvalue weighted by molar-refractivity contribution is 5.62. The quantitative estimate of drug-likeness (QED) is 0.799. The van der Waals surface area contributed by atoms with Gasteiger partial charge in [0.15, 0.2) is 0 Å². The Morgan fingerprint density at radius 3 is 2.43 bits per heavy atom. The number of hydrogen-bond acceptors (Lipinski definition) is 3. The molecule has 1 heterocycles. The zero-order valence-electron chi connectivity index (χ0n) is 12.5. The van der Waals surface area contributed by atoms with Gasteiger partial charge in [-0.05, 0) is 31.9 Å². The molecule has 0 saturated carbocycles. The van der Waals surface area contributed by atoms with E-state index in [-0.39, 0.29) is 12.8 Å². The maximum atomic E-state index is 12.9. The number of nitrogens with zero attached hydrogens (tertiary/aromatic N) is 3. The molecule has 2 aromatic rings. The molecular weight excluding hydrogens is 303 g/mol. The molecule has 3 nitrogen and oxygen atoms in total. The van der Waals surface area contributed by atoms with Crippen LogP contribution in [0.5, 0.6) is 0 Å².